The molecule has 0 fully saturated rings. The Kier molecular flexibility index (Phi) is 16.9. The van der Waals surface area contributed by atoms with Crippen molar-refractivity contribution in [3.63, 3.8) is 0 Å². The van der Waals surface area contributed by atoms with E-state index in [-0.39, 0.29) is 39.7 Å². The Balaban J connectivity index is 0.000000231. The Bertz CT molecular complexity index is 2720. The number of halogens is 2. The standard InChI is InChI=1S/2C26H21.2CH3.2ClH.Si.Zr/c2*1-2-8-18-15-19-10-7-14-24(25(19)16-18)26-17-20-9-3-4-11-21(20)22-12-5-6-13-23(22)26;;;;;;/h2*3-7,9-17H,2,8H2,1H3;2*1H3;2*1H;;/q4*-1;;;;. The first-order chi connectivity index (χ1) is 26.7. The fourth-order valence-electron chi connectivity index (χ4n) is 8.48. The third-order valence-corrected chi connectivity index (χ3v) is 10.8. The van der Waals surface area contributed by atoms with Gasteiger partial charge in [0.15, 0.2) is 0 Å². The molecule has 0 bridgehead atoms. The first-order valence-electron chi connectivity index (χ1n) is 19.1. The van der Waals surface area contributed by atoms with Crippen molar-refractivity contribution in [2.24, 2.45) is 0 Å². The second kappa shape index (κ2) is 21.1. The molecular weight excluding hydrogens is 839 g/mol. The van der Waals surface area contributed by atoms with Crippen LogP contribution in [0.5, 0.6) is 0 Å². The van der Waals surface area contributed by atoms with Crippen LogP contribution >= 0.6 is 24.8 Å². The van der Waals surface area contributed by atoms with Gasteiger partial charge in [-0.25, -0.2) is 0 Å². The molecule has 4 heteroatoms. The predicted octanol–water partition coefficient (Wildman–Crippen LogP) is 16.3. The van der Waals surface area contributed by atoms with E-state index in [1.807, 2.05) is 0 Å². The summed E-state index contributed by atoms with van der Waals surface area (Å²) in [5, 5.41) is 16.0. The van der Waals surface area contributed by atoms with E-state index in [4.69, 9.17) is 0 Å². The third-order valence-electron chi connectivity index (χ3n) is 10.8. The number of benzene rings is 8. The molecule has 0 aromatic heterocycles. The van der Waals surface area contributed by atoms with E-state index in [1.165, 1.54) is 134 Å². The Labute approximate surface area is 374 Å². The summed E-state index contributed by atoms with van der Waals surface area (Å²) in [7, 11) is 0. The molecule has 292 valence electrons. The fraction of sp³-hybridized carbons (Fsp3) is 0.111. The van der Waals surface area contributed by atoms with Crippen LogP contribution in [-0.2, 0) is 36.2 Å². The molecular formula is C54H50Cl2SiZr-4. The van der Waals surface area contributed by atoms with Gasteiger partial charge >= 0.3 is 30.2 Å². The van der Waals surface area contributed by atoms with E-state index >= 15 is 0 Å². The Morgan fingerprint density at radius 1 is 0.379 bits per heavy atom. The van der Waals surface area contributed by atoms with Crippen LogP contribution in [0.1, 0.15) is 37.8 Å². The van der Waals surface area contributed by atoms with Crippen LogP contribution in [-0.4, -0.2) is 6.88 Å². The number of rotatable bonds is 6. The third kappa shape index (κ3) is 8.97. The van der Waals surface area contributed by atoms with Crippen molar-refractivity contribution in [3.8, 4) is 22.3 Å². The summed E-state index contributed by atoms with van der Waals surface area (Å²) < 4.78 is 0. The van der Waals surface area contributed by atoms with Gasteiger partial charge < -0.3 is 14.9 Å². The summed E-state index contributed by atoms with van der Waals surface area (Å²) in [6.45, 7) is 7.55. The van der Waals surface area contributed by atoms with E-state index in [0.29, 0.717) is 0 Å². The van der Waals surface area contributed by atoms with E-state index < -0.39 is 0 Å². The van der Waals surface area contributed by atoms with Crippen molar-refractivity contribution >= 4 is 96.3 Å². The summed E-state index contributed by atoms with van der Waals surface area (Å²) in [6, 6.07) is 62.6. The van der Waals surface area contributed by atoms with Gasteiger partial charge in [0.25, 0.3) is 0 Å². The van der Waals surface area contributed by atoms with Gasteiger partial charge in [0, 0.05) is 0 Å². The number of hydrogen-bond donors (Lipinski definition) is 0. The summed E-state index contributed by atoms with van der Waals surface area (Å²) in [5.41, 5.74) is 8.23. The average Bonchev–Trinajstić information content (AvgIpc) is 3.85. The maximum atomic E-state index is 3.06. The van der Waals surface area contributed by atoms with Gasteiger partial charge in [0.2, 0.25) is 0 Å². The number of fused-ring (bicyclic) bond motifs is 8. The van der Waals surface area contributed by atoms with Crippen molar-refractivity contribution in [2.45, 2.75) is 39.5 Å². The number of hydrogen-bond acceptors (Lipinski definition) is 0. The summed E-state index contributed by atoms with van der Waals surface area (Å²) in [5.74, 6) is 0. The molecule has 0 nitrogen and oxygen atoms in total. The topological polar surface area (TPSA) is 0 Å². The van der Waals surface area contributed by atoms with Crippen molar-refractivity contribution < 1.29 is 23.3 Å². The van der Waals surface area contributed by atoms with Crippen molar-refractivity contribution in [2.75, 3.05) is 0 Å². The first-order valence-corrected chi connectivity index (χ1v) is 23.3. The molecule has 0 aliphatic heterocycles. The summed E-state index contributed by atoms with van der Waals surface area (Å²) in [6.07, 6.45) is 4.66. The molecule has 0 atom stereocenters. The Hall–Kier alpha value is -4.30. The van der Waals surface area contributed by atoms with Crippen LogP contribution in [0.4, 0.5) is 0 Å². The molecule has 0 unspecified atom stereocenters. The molecule has 0 N–H and O–H groups in total. The van der Waals surface area contributed by atoms with Gasteiger partial charge in [-0.3, -0.25) is 0 Å². The zero-order valence-electron chi connectivity index (χ0n) is 33.8. The SMILES string of the molecule is CCCc1cc2c(-c3cc4ccccc4c4ccccc34)cccc2[cH-]1.CCCc1cc2c(-c3cc4ccccc4c4ccccc34)cccc2[cH-]1.Cl.Cl.[CH3-].[CH3-].[Si]=[Zr]. The molecule has 2 radical (unpaired) electrons. The zero-order chi connectivity index (χ0) is 37.0. The first kappa shape index (κ1) is 46.4. The normalized spacial score (nSPS) is 10.4. The van der Waals surface area contributed by atoms with Gasteiger partial charge in [-0.05, 0) is 79.2 Å². The molecule has 0 aliphatic carbocycles. The molecule has 0 saturated heterocycles. The van der Waals surface area contributed by atoms with Gasteiger partial charge in [0.05, 0.1) is 0 Å². The fourth-order valence-corrected chi connectivity index (χ4v) is 8.48. The zero-order valence-corrected chi connectivity index (χ0v) is 38.9. The van der Waals surface area contributed by atoms with E-state index in [1.54, 1.807) is 0 Å². The monoisotopic (exact) mass is 886 g/mol. The molecule has 10 aromatic rings. The van der Waals surface area contributed by atoms with Crippen LogP contribution in [0.15, 0.2) is 170 Å². The van der Waals surface area contributed by atoms with E-state index in [2.05, 4.69) is 191 Å². The summed E-state index contributed by atoms with van der Waals surface area (Å²) >= 11 is 1.36. The summed E-state index contributed by atoms with van der Waals surface area (Å²) in [4.78, 5) is 0. The molecule has 0 saturated carbocycles. The molecule has 0 aliphatic rings. The Morgan fingerprint density at radius 3 is 1.10 bits per heavy atom. The van der Waals surface area contributed by atoms with Crippen LogP contribution in [0.2, 0.25) is 0 Å². The minimum absolute atomic E-state index is 0. The van der Waals surface area contributed by atoms with Gasteiger partial charge in [-0.1, -0.05) is 147 Å². The van der Waals surface area contributed by atoms with Crippen LogP contribution < -0.4 is 0 Å². The molecule has 10 aromatic carbocycles. The van der Waals surface area contributed by atoms with E-state index in [0.717, 1.165) is 12.8 Å². The molecule has 10 rings (SSSR count). The molecule has 58 heavy (non-hydrogen) atoms. The second-order valence-electron chi connectivity index (χ2n) is 14.2. The van der Waals surface area contributed by atoms with Gasteiger partial charge in [-0.2, -0.15) is 12.1 Å². The van der Waals surface area contributed by atoms with Crippen molar-refractivity contribution in [1.29, 1.82) is 0 Å². The average molecular weight is 889 g/mol. The predicted molar refractivity (Wildman–Crippen MR) is 261 cm³/mol. The second-order valence-corrected chi connectivity index (χ2v) is 14.2. The van der Waals surface area contributed by atoms with Crippen molar-refractivity contribution in [1.82, 2.24) is 0 Å². The van der Waals surface area contributed by atoms with Crippen molar-refractivity contribution in [3.05, 3.63) is 196 Å². The maximum absolute atomic E-state index is 3.06. The van der Waals surface area contributed by atoms with Crippen LogP contribution in [0.25, 0.3) is 86.9 Å². The molecule has 0 amide bonds. The Morgan fingerprint density at radius 2 is 0.724 bits per heavy atom. The van der Waals surface area contributed by atoms with Gasteiger partial charge in [-0.15, -0.1) is 93.9 Å². The van der Waals surface area contributed by atoms with Crippen LogP contribution in [0, 0.1) is 14.9 Å². The van der Waals surface area contributed by atoms with E-state index in [9.17, 15) is 0 Å². The van der Waals surface area contributed by atoms with Crippen LogP contribution in [0.3, 0.4) is 0 Å². The number of aryl methyl sites for hydroxylation is 2. The van der Waals surface area contributed by atoms with Gasteiger partial charge in [0.1, 0.15) is 0 Å². The quantitative estimate of drug-likeness (QED) is 0.0886. The minimum atomic E-state index is 0. The molecule has 0 spiro atoms. The molecule has 0 heterocycles.